The van der Waals surface area contributed by atoms with E-state index in [-0.39, 0.29) is 0 Å². The highest BCUT2D eigenvalue weighted by Gasteiger charge is 2.42. The highest BCUT2D eigenvalue weighted by molar-refractivity contribution is 9.10. The second-order valence-corrected chi connectivity index (χ2v) is 13.1. The Balaban J connectivity index is 1.86. The topological polar surface area (TPSA) is 0 Å². The Morgan fingerprint density at radius 1 is 0.720 bits per heavy atom. The van der Waals surface area contributed by atoms with Crippen LogP contribution in [0, 0.1) is 0 Å². The molecule has 0 saturated heterocycles. The second-order valence-electron chi connectivity index (χ2n) is 7.51. The molecule has 2 atom stereocenters. The Kier molecular flexibility index (Phi) is 4.33. The summed E-state index contributed by atoms with van der Waals surface area (Å²) in [5.74, 6) is 0. The van der Waals surface area contributed by atoms with Crippen molar-refractivity contribution in [3.8, 4) is 0 Å². The predicted octanol–water partition coefficient (Wildman–Crippen LogP) is 7.89. The van der Waals surface area contributed by atoms with Gasteiger partial charge in [-0.15, -0.1) is 0 Å². The molecule has 0 bridgehead atoms. The normalized spacial score (nSPS) is 22.3. The van der Waals surface area contributed by atoms with E-state index < -0.39 is 10.0 Å². The molecule has 0 radical (unpaired) electrons. The van der Waals surface area contributed by atoms with Crippen LogP contribution in [0.15, 0.2) is 56.5 Å². The fourth-order valence-corrected chi connectivity index (χ4v) is 9.75. The van der Waals surface area contributed by atoms with Crippen molar-refractivity contribution in [2.75, 3.05) is 12.5 Å². The first kappa shape index (κ1) is 17.6. The third-order valence-electron chi connectivity index (χ3n) is 5.52. The summed E-state index contributed by atoms with van der Waals surface area (Å²) < 4.78 is 2.42. The van der Waals surface area contributed by atoms with Crippen molar-refractivity contribution in [1.29, 1.82) is 0 Å². The maximum Gasteiger partial charge on any atom is 0.0361 e. The Labute approximate surface area is 169 Å². The predicted molar refractivity (Wildman–Crippen MR) is 121 cm³/mol. The highest BCUT2D eigenvalue weighted by Crippen LogP contribution is 2.72. The fourth-order valence-electron chi connectivity index (χ4n) is 4.72. The van der Waals surface area contributed by atoms with Gasteiger partial charge in [0.2, 0.25) is 0 Å². The third-order valence-corrected chi connectivity index (χ3v) is 10.6. The number of hydrogen-bond acceptors (Lipinski definition) is 0. The molecule has 2 aliphatic carbocycles. The van der Waals surface area contributed by atoms with Crippen LogP contribution in [0.4, 0.5) is 0 Å². The summed E-state index contributed by atoms with van der Waals surface area (Å²) in [7, 11) is -0.975. The van der Waals surface area contributed by atoms with Gasteiger partial charge in [0.05, 0.1) is 0 Å². The lowest BCUT2D eigenvalue weighted by Gasteiger charge is -2.46. The molecule has 4 rings (SSSR count). The third kappa shape index (κ3) is 2.62. The molecule has 2 unspecified atom stereocenters. The first-order chi connectivity index (χ1) is 11.8. The monoisotopic (exact) mass is 476 g/mol. The lowest BCUT2D eigenvalue weighted by Crippen LogP contribution is -2.16. The summed E-state index contributed by atoms with van der Waals surface area (Å²) in [6.45, 7) is 4.61. The lowest BCUT2D eigenvalue weighted by molar-refractivity contribution is 1.06. The Morgan fingerprint density at radius 3 is 1.52 bits per heavy atom. The largest absolute Gasteiger partial charge is 0.226 e. The van der Waals surface area contributed by atoms with E-state index in [1.54, 1.807) is 0 Å². The van der Waals surface area contributed by atoms with E-state index in [0.717, 1.165) is 0 Å². The summed E-state index contributed by atoms with van der Waals surface area (Å²) in [4.78, 5) is 0. The molecule has 0 aromatic heterocycles. The van der Waals surface area contributed by atoms with Gasteiger partial charge >= 0.3 is 0 Å². The van der Waals surface area contributed by atoms with Crippen LogP contribution in [-0.2, 0) is 0 Å². The molecule has 25 heavy (non-hydrogen) atoms. The standard InChI is InChI=1S/C22H22Br2S/c1-13-11-17-15(7-5-9-19(17)23)21(13)25(3,4)22-14(2)12-18-16(22)8-6-10-20(18)24/h5-12,21-22H,1-4H3. The second kappa shape index (κ2) is 6.14. The highest BCUT2D eigenvalue weighted by atomic mass is 79.9. The molecule has 0 nitrogen and oxygen atoms in total. The van der Waals surface area contributed by atoms with Crippen molar-refractivity contribution >= 4 is 54.0 Å². The van der Waals surface area contributed by atoms with Gasteiger partial charge in [-0.05, 0) is 60.7 Å². The quantitative estimate of drug-likeness (QED) is 0.412. The number of fused-ring (bicyclic) bond motifs is 2. The van der Waals surface area contributed by atoms with Gasteiger partial charge in [0.25, 0.3) is 0 Å². The van der Waals surface area contributed by atoms with Crippen molar-refractivity contribution in [2.24, 2.45) is 0 Å². The van der Waals surface area contributed by atoms with Crippen LogP contribution in [0.25, 0.3) is 12.2 Å². The van der Waals surface area contributed by atoms with Crippen LogP contribution in [0.2, 0.25) is 0 Å². The van der Waals surface area contributed by atoms with Crippen molar-refractivity contribution in [3.63, 3.8) is 0 Å². The summed E-state index contributed by atoms with van der Waals surface area (Å²) in [5, 5.41) is 1.02. The fraction of sp³-hybridized carbons (Fsp3) is 0.273. The maximum atomic E-state index is 3.75. The molecule has 0 saturated carbocycles. The summed E-state index contributed by atoms with van der Waals surface area (Å²) in [5.41, 5.74) is 8.72. The number of rotatable bonds is 2. The average molecular weight is 478 g/mol. The zero-order valence-corrected chi connectivity index (χ0v) is 18.9. The molecule has 0 heterocycles. The van der Waals surface area contributed by atoms with E-state index >= 15 is 0 Å². The van der Waals surface area contributed by atoms with E-state index in [1.165, 1.54) is 42.3 Å². The SMILES string of the molecule is CC1=Cc2c(Br)cccc2C1S(C)(C)C1C(C)=Cc2c(Br)cccc21. The molecule has 0 amide bonds. The van der Waals surface area contributed by atoms with Crippen LogP contribution in [0.1, 0.15) is 46.6 Å². The van der Waals surface area contributed by atoms with Gasteiger partial charge in [0.1, 0.15) is 0 Å². The Hall–Kier alpha value is -0.770. The molecule has 130 valence electrons. The molecule has 2 aromatic rings. The van der Waals surface area contributed by atoms with Gasteiger partial charge in [-0.25, -0.2) is 10.0 Å². The first-order valence-electron chi connectivity index (χ1n) is 8.46. The Bertz CT molecular complexity index is 862. The van der Waals surface area contributed by atoms with Crippen molar-refractivity contribution in [2.45, 2.75) is 24.3 Å². The molecule has 0 fully saturated rings. The molecule has 0 N–H and O–H groups in total. The molecule has 2 aliphatic rings. The number of hydrogen-bond donors (Lipinski definition) is 0. The number of halogens is 2. The van der Waals surface area contributed by atoms with Crippen LogP contribution in [-0.4, -0.2) is 12.5 Å². The van der Waals surface area contributed by atoms with Crippen LogP contribution >= 0.6 is 41.9 Å². The summed E-state index contributed by atoms with van der Waals surface area (Å²) >= 11 is 7.49. The first-order valence-corrected chi connectivity index (χ1v) is 12.6. The van der Waals surface area contributed by atoms with E-state index in [9.17, 15) is 0 Å². The molecule has 2 aromatic carbocycles. The summed E-state index contributed by atoms with van der Waals surface area (Å²) in [6.07, 6.45) is 9.80. The van der Waals surface area contributed by atoms with Crippen LogP contribution in [0.5, 0.6) is 0 Å². The molecular weight excluding hydrogens is 456 g/mol. The van der Waals surface area contributed by atoms with Crippen molar-refractivity contribution < 1.29 is 0 Å². The van der Waals surface area contributed by atoms with Gasteiger partial charge in [0.15, 0.2) is 0 Å². The van der Waals surface area contributed by atoms with Crippen LogP contribution in [0.3, 0.4) is 0 Å². The van der Waals surface area contributed by atoms with Gasteiger partial charge in [0, 0.05) is 19.4 Å². The van der Waals surface area contributed by atoms with E-state index in [2.05, 4.69) is 107 Å². The minimum Gasteiger partial charge on any atom is -0.226 e. The van der Waals surface area contributed by atoms with Crippen LogP contribution < -0.4 is 0 Å². The van der Waals surface area contributed by atoms with Crippen molar-refractivity contribution in [3.05, 3.63) is 78.7 Å². The van der Waals surface area contributed by atoms with E-state index in [4.69, 9.17) is 0 Å². The minimum atomic E-state index is -0.975. The van der Waals surface area contributed by atoms with Crippen molar-refractivity contribution in [1.82, 2.24) is 0 Å². The van der Waals surface area contributed by atoms with E-state index in [0.29, 0.717) is 10.5 Å². The maximum absolute atomic E-state index is 3.75. The minimum absolute atomic E-state index is 0.512. The van der Waals surface area contributed by atoms with Gasteiger partial charge in [-0.2, -0.15) is 0 Å². The number of benzene rings is 2. The summed E-state index contributed by atoms with van der Waals surface area (Å²) in [6, 6.07) is 13.3. The van der Waals surface area contributed by atoms with E-state index in [1.807, 2.05) is 0 Å². The molecule has 0 aliphatic heterocycles. The average Bonchev–Trinajstić information content (AvgIpc) is 3.06. The lowest BCUT2D eigenvalue weighted by atomic mass is 10.1. The van der Waals surface area contributed by atoms with Gasteiger partial charge in [-0.1, -0.05) is 79.4 Å². The molecule has 3 heteroatoms. The van der Waals surface area contributed by atoms with Gasteiger partial charge in [-0.3, -0.25) is 0 Å². The molecular formula is C22H22Br2S. The van der Waals surface area contributed by atoms with Gasteiger partial charge < -0.3 is 0 Å². The smallest absolute Gasteiger partial charge is 0.0361 e. The zero-order valence-electron chi connectivity index (χ0n) is 14.9. The molecule has 0 spiro atoms. The zero-order chi connectivity index (χ0) is 17.9. The Morgan fingerprint density at radius 2 is 1.12 bits per heavy atom.